The average Bonchev–Trinajstić information content (AvgIpc) is 3.05. The highest BCUT2D eigenvalue weighted by Gasteiger charge is 2.21. The first-order chi connectivity index (χ1) is 11.8. The van der Waals surface area contributed by atoms with Gasteiger partial charge < -0.3 is 10.3 Å². The summed E-state index contributed by atoms with van der Waals surface area (Å²) in [7, 11) is 0. The molecule has 3 nitrogen and oxygen atoms in total. The van der Waals surface area contributed by atoms with Crippen LogP contribution < -0.4 is 5.32 Å². The second-order valence-electron chi connectivity index (χ2n) is 5.60. The summed E-state index contributed by atoms with van der Waals surface area (Å²) in [5.41, 5.74) is 2.60. The first-order valence-electron chi connectivity index (χ1n) is 7.81. The van der Waals surface area contributed by atoms with E-state index in [4.69, 9.17) is 0 Å². The van der Waals surface area contributed by atoms with Gasteiger partial charge in [0.2, 0.25) is 0 Å². The largest absolute Gasteiger partial charge is 0.361 e. The van der Waals surface area contributed by atoms with E-state index in [1.54, 1.807) is 18.3 Å². The number of halogens is 1. The molecule has 4 rings (SSSR count). The molecule has 0 saturated carbocycles. The summed E-state index contributed by atoms with van der Waals surface area (Å²) in [6.45, 7) is 0. The topological polar surface area (TPSA) is 40.7 Å². The van der Waals surface area contributed by atoms with Crippen LogP contribution in [0.5, 0.6) is 0 Å². The molecule has 0 fully saturated rings. The Morgan fingerprint density at radius 3 is 2.50 bits per heavy atom. The van der Waals surface area contributed by atoms with Crippen LogP contribution in [-0.2, 0) is 0 Å². The number of rotatable bonds is 4. The van der Waals surface area contributed by atoms with Crippen LogP contribution in [0.3, 0.4) is 0 Å². The number of aromatic nitrogens is 2. The maximum atomic E-state index is 14.5. The Balaban J connectivity index is 1.86. The Hall–Kier alpha value is -3.14. The van der Waals surface area contributed by atoms with Gasteiger partial charge in [-0.15, -0.1) is 0 Å². The van der Waals surface area contributed by atoms with Crippen LogP contribution in [0.15, 0.2) is 79.1 Å². The molecule has 4 aromatic rings. The Morgan fingerprint density at radius 2 is 1.67 bits per heavy atom. The number of para-hydroxylation sites is 1. The molecule has 2 aromatic carbocycles. The molecule has 0 radical (unpaired) electrons. The van der Waals surface area contributed by atoms with Crippen molar-refractivity contribution in [3.05, 3.63) is 96.1 Å². The van der Waals surface area contributed by atoms with E-state index in [1.807, 2.05) is 54.7 Å². The van der Waals surface area contributed by atoms with Crippen molar-refractivity contribution in [1.82, 2.24) is 9.97 Å². The summed E-state index contributed by atoms with van der Waals surface area (Å²) >= 11 is 0. The van der Waals surface area contributed by atoms with E-state index in [9.17, 15) is 4.39 Å². The predicted molar refractivity (Wildman–Crippen MR) is 94.4 cm³/mol. The molecular formula is C20H16FN3. The monoisotopic (exact) mass is 317 g/mol. The molecule has 2 aromatic heterocycles. The molecule has 24 heavy (non-hydrogen) atoms. The second-order valence-corrected chi connectivity index (χ2v) is 5.60. The molecule has 1 unspecified atom stereocenters. The highest BCUT2D eigenvalue weighted by atomic mass is 19.1. The highest BCUT2D eigenvalue weighted by molar-refractivity contribution is 5.84. The summed E-state index contributed by atoms with van der Waals surface area (Å²) in [5.74, 6) is 0.465. The van der Waals surface area contributed by atoms with Gasteiger partial charge in [-0.05, 0) is 24.3 Å². The minimum absolute atomic E-state index is 0.240. The third-order valence-corrected chi connectivity index (χ3v) is 4.11. The predicted octanol–water partition coefficient (Wildman–Crippen LogP) is 4.90. The lowest BCUT2D eigenvalue weighted by Gasteiger charge is -2.20. The molecule has 0 bridgehead atoms. The van der Waals surface area contributed by atoms with Crippen molar-refractivity contribution in [3.63, 3.8) is 0 Å². The van der Waals surface area contributed by atoms with E-state index in [2.05, 4.69) is 15.3 Å². The summed E-state index contributed by atoms with van der Waals surface area (Å²) in [6, 6.07) is 20.2. The van der Waals surface area contributed by atoms with Gasteiger partial charge >= 0.3 is 0 Å². The van der Waals surface area contributed by atoms with Gasteiger partial charge in [0.15, 0.2) is 0 Å². The van der Waals surface area contributed by atoms with Crippen molar-refractivity contribution in [1.29, 1.82) is 0 Å². The van der Waals surface area contributed by atoms with E-state index >= 15 is 0 Å². The molecule has 0 aliphatic rings. The Morgan fingerprint density at radius 1 is 0.875 bits per heavy atom. The zero-order valence-electron chi connectivity index (χ0n) is 12.9. The fraction of sp³-hybridized carbons (Fsp3) is 0.0500. The van der Waals surface area contributed by atoms with E-state index in [-0.39, 0.29) is 11.9 Å². The van der Waals surface area contributed by atoms with Gasteiger partial charge in [-0.3, -0.25) is 0 Å². The highest BCUT2D eigenvalue weighted by Crippen LogP contribution is 2.32. The van der Waals surface area contributed by atoms with E-state index < -0.39 is 0 Å². The molecule has 1 atom stereocenters. The normalized spacial score (nSPS) is 12.2. The molecule has 0 saturated heterocycles. The number of aromatic amines is 1. The fourth-order valence-corrected chi connectivity index (χ4v) is 2.96. The van der Waals surface area contributed by atoms with Crippen molar-refractivity contribution in [2.24, 2.45) is 0 Å². The lowest BCUT2D eigenvalue weighted by molar-refractivity contribution is 0.605. The summed E-state index contributed by atoms with van der Waals surface area (Å²) in [5, 5.41) is 4.42. The van der Waals surface area contributed by atoms with Gasteiger partial charge in [-0.25, -0.2) is 9.37 Å². The second kappa shape index (κ2) is 6.16. The molecule has 0 amide bonds. The Labute approximate surface area is 139 Å². The molecular weight excluding hydrogens is 301 g/mol. The van der Waals surface area contributed by atoms with Crippen molar-refractivity contribution in [2.45, 2.75) is 6.04 Å². The van der Waals surface area contributed by atoms with Gasteiger partial charge in [0.1, 0.15) is 11.6 Å². The zero-order valence-corrected chi connectivity index (χ0v) is 12.9. The molecule has 2 heterocycles. The number of hydrogen-bond acceptors (Lipinski definition) is 2. The first-order valence-corrected chi connectivity index (χ1v) is 7.81. The van der Waals surface area contributed by atoms with Crippen LogP contribution in [0, 0.1) is 5.82 Å². The summed E-state index contributed by atoms with van der Waals surface area (Å²) < 4.78 is 14.5. The van der Waals surface area contributed by atoms with Gasteiger partial charge in [0, 0.05) is 34.4 Å². The minimum Gasteiger partial charge on any atom is -0.361 e. The number of nitrogens with one attached hydrogen (secondary N) is 2. The van der Waals surface area contributed by atoms with Crippen molar-refractivity contribution >= 4 is 16.7 Å². The lowest BCUT2D eigenvalue weighted by atomic mass is 9.97. The minimum atomic E-state index is -0.336. The fourth-order valence-electron chi connectivity index (χ4n) is 2.96. The van der Waals surface area contributed by atoms with Crippen molar-refractivity contribution in [3.8, 4) is 0 Å². The van der Waals surface area contributed by atoms with Gasteiger partial charge in [0.25, 0.3) is 0 Å². The van der Waals surface area contributed by atoms with Crippen molar-refractivity contribution < 1.29 is 4.39 Å². The third-order valence-electron chi connectivity index (χ3n) is 4.11. The van der Waals surface area contributed by atoms with Gasteiger partial charge in [-0.2, -0.15) is 0 Å². The number of nitrogens with zero attached hydrogens (tertiary/aromatic N) is 1. The van der Waals surface area contributed by atoms with Crippen LogP contribution in [0.4, 0.5) is 10.2 Å². The van der Waals surface area contributed by atoms with Crippen LogP contribution >= 0.6 is 0 Å². The van der Waals surface area contributed by atoms with Crippen LogP contribution in [0.2, 0.25) is 0 Å². The van der Waals surface area contributed by atoms with Gasteiger partial charge in [-0.1, -0.05) is 42.5 Å². The maximum absolute atomic E-state index is 14.5. The van der Waals surface area contributed by atoms with E-state index in [0.29, 0.717) is 11.4 Å². The third kappa shape index (κ3) is 2.63. The quantitative estimate of drug-likeness (QED) is 0.562. The number of pyridine rings is 1. The van der Waals surface area contributed by atoms with Crippen LogP contribution in [0.1, 0.15) is 17.2 Å². The standard InChI is InChI=1S/C20H16FN3/c21-17-9-3-1-8-15(17)20(24-19-11-5-6-12-22-19)16-13-23-18-10-4-2-7-14(16)18/h1-13,20,23H,(H,22,24). The molecule has 0 spiro atoms. The van der Waals surface area contributed by atoms with Gasteiger partial charge in [0.05, 0.1) is 6.04 Å². The Bertz CT molecular complexity index is 963. The van der Waals surface area contributed by atoms with Crippen molar-refractivity contribution in [2.75, 3.05) is 5.32 Å². The number of benzene rings is 2. The molecule has 0 aliphatic carbocycles. The Kier molecular flexibility index (Phi) is 3.71. The molecule has 118 valence electrons. The molecule has 2 N–H and O–H groups in total. The average molecular weight is 317 g/mol. The first kappa shape index (κ1) is 14.5. The smallest absolute Gasteiger partial charge is 0.128 e. The lowest BCUT2D eigenvalue weighted by Crippen LogP contribution is -2.14. The number of fused-ring (bicyclic) bond motifs is 1. The van der Waals surface area contributed by atoms with E-state index in [1.165, 1.54) is 6.07 Å². The van der Waals surface area contributed by atoms with Crippen LogP contribution in [0.25, 0.3) is 10.9 Å². The number of H-pyrrole nitrogens is 1. The zero-order chi connectivity index (χ0) is 16.4. The van der Waals surface area contributed by atoms with E-state index in [0.717, 1.165) is 16.5 Å². The number of hydrogen-bond donors (Lipinski definition) is 2. The molecule has 0 aliphatic heterocycles. The SMILES string of the molecule is Fc1ccccc1C(Nc1ccccn1)c1c[nH]c2ccccc12. The number of anilines is 1. The maximum Gasteiger partial charge on any atom is 0.128 e. The molecule has 4 heteroatoms. The summed E-state index contributed by atoms with van der Waals surface area (Å²) in [6.07, 6.45) is 3.65. The summed E-state index contributed by atoms with van der Waals surface area (Å²) in [4.78, 5) is 7.58. The van der Waals surface area contributed by atoms with Crippen LogP contribution in [-0.4, -0.2) is 9.97 Å².